The number of imidazole rings is 1. The predicted molar refractivity (Wildman–Crippen MR) is 103 cm³/mol. The first-order valence-electron chi connectivity index (χ1n) is 8.27. The molecule has 0 aliphatic heterocycles. The van der Waals surface area contributed by atoms with Gasteiger partial charge < -0.3 is 9.30 Å². The number of aromatic nitrogens is 4. The average molecular weight is 374 g/mol. The molecular formula is C18H22N4O3S. The zero-order valence-electron chi connectivity index (χ0n) is 15.4. The summed E-state index contributed by atoms with van der Waals surface area (Å²) in [6.45, 7) is 3.13. The molecule has 0 saturated carbocycles. The molecule has 0 radical (unpaired) electrons. The molecule has 0 aliphatic carbocycles. The number of benzene rings is 1. The summed E-state index contributed by atoms with van der Waals surface area (Å²) in [6.07, 6.45) is 0. The van der Waals surface area contributed by atoms with Gasteiger partial charge in [0.05, 0.1) is 13.2 Å². The van der Waals surface area contributed by atoms with Crippen LogP contribution in [0.2, 0.25) is 0 Å². The largest absolute Gasteiger partial charge is 0.384 e. The van der Waals surface area contributed by atoms with Crippen LogP contribution in [0.25, 0.3) is 11.2 Å². The number of ether oxygens (including phenoxy) is 1. The average Bonchev–Trinajstić information content (AvgIpc) is 2.97. The van der Waals surface area contributed by atoms with Crippen LogP contribution in [0.5, 0.6) is 0 Å². The van der Waals surface area contributed by atoms with Gasteiger partial charge in [-0.05, 0) is 12.5 Å². The van der Waals surface area contributed by atoms with E-state index in [1.807, 2.05) is 29.7 Å². The van der Waals surface area contributed by atoms with Crippen molar-refractivity contribution in [2.75, 3.05) is 19.5 Å². The summed E-state index contributed by atoms with van der Waals surface area (Å²) in [5, 5.41) is 0.705. The molecule has 0 fully saturated rings. The minimum Gasteiger partial charge on any atom is -0.384 e. The van der Waals surface area contributed by atoms with Crippen molar-refractivity contribution < 1.29 is 4.74 Å². The summed E-state index contributed by atoms with van der Waals surface area (Å²) in [4.78, 5) is 29.6. The van der Waals surface area contributed by atoms with Gasteiger partial charge in [0.2, 0.25) is 0 Å². The second-order valence-corrected chi connectivity index (χ2v) is 7.25. The highest BCUT2D eigenvalue weighted by molar-refractivity contribution is 7.99. The summed E-state index contributed by atoms with van der Waals surface area (Å²) in [6, 6.07) is 8.14. The summed E-state index contributed by atoms with van der Waals surface area (Å²) < 4.78 is 9.56. The molecule has 0 saturated heterocycles. The molecule has 2 heterocycles. The third-order valence-electron chi connectivity index (χ3n) is 4.25. The maximum Gasteiger partial charge on any atom is 0.332 e. The van der Waals surface area contributed by atoms with E-state index in [-0.39, 0.29) is 11.2 Å². The topological polar surface area (TPSA) is 71.1 Å². The van der Waals surface area contributed by atoms with Gasteiger partial charge in [0.15, 0.2) is 16.3 Å². The molecule has 0 bridgehead atoms. The minimum atomic E-state index is -0.379. The summed E-state index contributed by atoms with van der Waals surface area (Å²) in [5.41, 5.74) is 2.37. The van der Waals surface area contributed by atoms with E-state index in [4.69, 9.17) is 4.74 Å². The zero-order valence-corrected chi connectivity index (χ0v) is 16.2. The highest BCUT2D eigenvalue weighted by atomic mass is 32.2. The van der Waals surface area contributed by atoms with E-state index in [9.17, 15) is 9.59 Å². The Hall–Kier alpha value is -2.32. The lowest BCUT2D eigenvalue weighted by atomic mass is 10.1. The Balaban J connectivity index is 2.21. The fourth-order valence-electron chi connectivity index (χ4n) is 2.89. The Morgan fingerprint density at radius 2 is 1.96 bits per heavy atom. The van der Waals surface area contributed by atoms with Crippen LogP contribution in [0.1, 0.15) is 11.1 Å². The van der Waals surface area contributed by atoms with Gasteiger partial charge in [-0.15, -0.1) is 0 Å². The molecule has 2 aromatic heterocycles. The normalized spacial score (nSPS) is 11.4. The van der Waals surface area contributed by atoms with E-state index < -0.39 is 0 Å². The van der Waals surface area contributed by atoms with E-state index in [2.05, 4.69) is 11.1 Å². The first-order chi connectivity index (χ1) is 12.4. The molecule has 0 N–H and O–H groups in total. The van der Waals surface area contributed by atoms with Gasteiger partial charge in [0.1, 0.15) is 0 Å². The van der Waals surface area contributed by atoms with Crippen LogP contribution >= 0.6 is 11.8 Å². The van der Waals surface area contributed by atoms with E-state index in [1.54, 1.807) is 14.2 Å². The van der Waals surface area contributed by atoms with Crippen LogP contribution in [0, 0.1) is 6.92 Å². The third kappa shape index (κ3) is 3.34. The van der Waals surface area contributed by atoms with Gasteiger partial charge in [0, 0.05) is 27.0 Å². The lowest BCUT2D eigenvalue weighted by Gasteiger charge is -2.10. The van der Waals surface area contributed by atoms with Gasteiger partial charge in [-0.25, -0.2) is 9.78 Å². The lowest BCUT2D eigenvalue weighted by Crippen LogP contribution is -2.37. The smallest absolute Gasteiger partial charge is 0.332 e. The van der Waals surface area contributed by atoms with Crippen molar-refractivity contribution >= 4 is 22.9 Å². The van der Waals surface area contributed by atoms with Gasteiger partial charge in [-0.2, -0.15) is 0 Å². The first-order valence-corrected chi connectivity index (χ1v) is 9.26. The van der Waals surface area contributed by atoms with Crippen molar-refractivity contribution in [2.45, 2.75) is 18.6 Å². The monoisotopic (exact) mass is 374 g/mol. The molecule has 3 aromatic rings. The molecular weight excluding hydrogens is 352 g/mol. The number of rotatable bonds is 6. The van der Waals surface area contributed by atoms with E-state index in [0.717, 1.165) is 15.7 Å². The zero-order chi connectivity index (χ0) is 18.8. The van der Waals surface area contributed by atoms with E-state index in [1.165, 1.54) is 23.4 Å². The highest BCUT2D eigenvalue weighted by Gasteiger charge is 2.19. The van der Waals surface area contributed by atoms with Crippen molar-refractivity contribution in [1.29, 1.82) is 0 Å². The molecule has 26 heavy (non-hydrogen) atoms. The van der Waals surface area contributed by atoms with Gasteiger partial charge >= 0.3 is 5.69 Å². The maximum absolute atomic E-state index is 12.8. The number of hydrogen-bond donors (Lipinski definition) is 0. The number of aryl methyl sites for hydroxylation is 2. The third-order valence-corrected chi connectivity index (χ3v) is 5.20. The Morgan fingerprint density at radius 3 is 2.65 bits per heavy atom. The van der Waals surface area contributed by atoms with Crippen molar-refractivity contribution in [1.82, 2.24) is 18.7 Å². The Bertz CT molecular complexity index is 1060. The molecule has 0 amide bonds. The van der Waals surface area contributed by atoms with Gasteiger partial charge in [-0.1, -0.05) is 41.6 Å². The Labute approximate surface area is 155 Å². The molecule has 3 rings (SSSR count). The second kappa shape index (κ2) is 7.51. The standard InChI is InChI=1S/C18H22N4O3S/c1-12-6-5-7-13(10-12)11-22-14-15(19-17(22)26-9-8-25-4)20(2)18(24)21(3)16(14)23/h5-7,10H,8-9,11H2,1-4H3. The Morgan fingerprint density at radius 1 is 1.19 bits per heavy atom. The van der Waals surface area contributed by atoms with Crippen LogP contribution in [0.3, 0.4) is 0 Å². The molecule has 0 atom stereocenters. The van der Waals surface area contributed by atoms with Crippen LogP contribution in [0.4, 0.5) is 0 Å². The predicted octanol–water partition coefficient (Wildman–Crippen LogP) is 1.53. The molecule has 8 heteroatoms. The van der Waals surface area contributed by atoms with E-state index in [0.29, 0.717) is 35.2 Å². The van der Waals surface area contributed by atoms with Gasteiger partial charge in [0.25, 0.3) is 5.56 Å². The van der Waals surface area contributed by atoms with Crippen LogP contribution < -0.4 is 11.2 Å². The fourth-order valence-corrected chi connectivity index (χ4v) is 3.79. The minimum absolute atomic E-state index is 0.332. The van der Waals surface area contributed by atoms with Crippen molar-refractivity contribution in [3.63, 3.8) is 0 Å². The summed E-state index contributed by atoms with van der Waals surface area (Å²) in [7, 11) is 4.78. The highest BCUT2D eigenvalue weighted by Crippen LogP contribution is 2.23. The van der Waals surface area contributed by atoms with Crippen LogP contribution in [0.15, 0.2) is 39.0 Å². The molecule has 0 spiro atoms. The van der Waals surface area contributed by atoms with Gasteiger partial charge in [-0.3, -0.25) is 13.9 Å². The molecule has 1 aromatic carbocycles. The molecule has 138 valence electrons. The lowest BCUT2D eigenvalue weighted by molar-refractivity contribution is 0.218. The number of hydrogen-bond acceptors (Lipinski definition) is 5. The number of nitrogens with zero attached hydrogens (tertiary/aromatic N) is 4. The maximum atomic E-state index is 12.8. The fraction of sp³-hybridized carbons (Fsp3) is 0.389. The number of methoxy groups -OCH3 is 1. The van der Waals surface area contributed by atoms with Crippen LogP contribution in [-0.2, 0) is 25.4 Å². The van der Waals surface area contributed by atoms with E-state index >= 15 is 0 Å². The SMILES string of the molecule is COCCSc1nc2c(c(=O)n(C)c(=O)n2C)n1Cc1cccc(C)c1. The van der Waals surface area contributed by atoms with Crippen LogP contribution in [-0.4, -0.2) is 38.2 Å². The Kier molecular flexibility index (Phi) is 5.33. The molecule has 7 nitrogen and oxygen atoms in total. The van der Waals surface area contributed by atoms with Crippen molar-refractivity contribution in [3.05, 3.63) is 56.2 Å². The summed E-state index contributed by atoms with van der Waals surface area (Å²) >= 11 is 1.51. The molecule has 0 unspecified atom stereocenters. The molecule has 0 aliphatic rings. The summed E-state index contributed by atoms with van der Waals surface area (Å²) in [5.74, 6) is 0.710. The second-order valence-electron chi connectivity index (χ2n) is 6.19. The number of thioether (sulfide) groups is 1. The first kappa shape index (κ1) is 18.5. The van der Waals surface area contributed by atoms with Crippen molar-refractivity contribution in [3.8, 4) is 0 Å². The quantitative estimate of drug-likeness (QED) is 0.483. The number of fused-ring (bicyclic) bond motifs is 1. The van der Waals surface area contributed by atoms with Crippen molar-refractivity contribution in [2.24, 2.45) is 14.1 Å².